The predicted molar refractivity (Wildman–Crippen MR) is 51.7 cm³/mol. The van der Waals surface area contributed by atoms with Gasteiger partial charge in [-0.2, -0.15) is 13.1 Å². The van der Waals surface area contributed by atoms with Gasteiger partial charge in [0.15, 0.2) is 5.75 Å². The van der Waals surface area contributed by atoms with Crippen LogP contribution in [0.5, 0.6) is 5.75 Å². The van der Waals surface area contributed by atoms with Crippen molar-refractivity contribution in [2.45, 2.75) is 0 Å². The number of non-ortho nitro benzene ring substituents is 1. The van der Waals surface area contributed by atoms with Crippen LogP contribution >= 0.6 is 0 Å². The highest BCUT2D eigenvalue weighted by Crippen LogP contribution is 2.19. The molecule has 1 N–H and O–H groups in total. The third-order valence-electron chi connectivity index (χ3n) is 1.48. The maximum Gasteiger partial charge on any atom is 0.382 e. The molecule has 0 amide bonds. The molecular weight excluding hydrogens is 224 g/mol. The van der Waals surface area contributed by atoms with Gasteiger partial charge in [-0.3, -0.25) is 10.1 Å². The van der Waals surface area contributed by atoms with Crippen molar-refractivity contribution in [2.24, 2.45) is 0 Å². The fourth-order valence-corrected chi connectivity index (χ4v) is 1.26. The predicted octanol–water partition coefficient (Wildman–Crippen LogP) is 0.438. The maximum absolute atomic E-state index is 10.9. The van der Waals surface area contributed by atoms with Gasteiger partial charge >= 0.3 is 10.3 Å². The van der Waals surface area contributed by atoms with Crippen LogP contribution < -0.4 is 8.91 Å². The number of nitro groups is 1. The molecule has 0 radical (unpaired) electrons. The van der Waals surface area contributed by atoms with Crippen molar-refractivity contribution >= 4 is 16.0 Å². The summed E-state index contributed by atoms with van der Waals surface area (Å²) in [5.74, 6) is -0.112. The van der Waals surface area contributed by atoms with E-state index >= 15 is 0 Å². The molecule has 0 unspecified atom stereocenters. The third kappa shape index (κ3) is 3.18. The number of nitro benzene ring substituents is 1. The van der Waals surface area contributed by atoms with E-state index in [1.165, 1.54) is 25.2 Å². The van der Waals surface area contributed by atoms with E-state index in [1.807, 2.05) is 4.72 Å². The Labute approximate surface area is 86.1 Å². The van der Waals surface area contributed by atoms with E-state index < -0.39 is 15.2 Å². The van der Waals surface area contributed by atoms with Crippen LogP contribution in [0.25, 0.3) is 0 Å². The van der Waals surface area contributed by atoms with Crippen LogP contribution in [0.2, 0.25) is 0 Å². The van der Waals surface area contributed by atoms with Gasteiger partial charge in [-0.05, 0) is 6.07 Å². The van der Waals surface area contributed by atoms with Gasteiger partial charge in [0.1, 0.15) is 0 Å². The molecule has 8 heteroatoms. The van der Waals surface area contributed by atoms with Crippen molar-refractivity contribution in [3.63, 3.8) is 0 Å². The van der Waals surface area contributed by atoms with Crippen molar-refractivity contribution in [3.8, 4) is 5.75 Å². The first kappa shape index (κ1) is 11.4. The van der Waals surface area contributed by atoms with Crippen molar-refractivity contribution in [3.05, 3.63) is 34.4 Å². The smallest absolute Gasteiger partial charge is 0.371 e. The highest BCUT2D eigenvalue weighted by atomic mass is 32.2. The second-order valence-corrected chi connectivity index (χ2v) is 3.98. The summed E-state index contributed by atoms with van der Waals surface area (Å²) in [4.78, 5) is 9.73. The Morgan fingerprint density at radius 1 is 1.47 bits per heavy atom. The second-order valence-electron chi connectivity index (χ2n) is 2.50. The van der Waals surface area contributed by atoms with Crippen molar-refractivity contribution in [1.29, 1.82) is 0 Å². The topological polar surface area (TPSA) is 98.5 Å². The molecule has 1 aromatic carbocycles. The van der Waals surface area contributed by atoms with Gasteiger partial charge in [0.25, 0.3) is 5.69 Å². The van der Waals surface area contributed by atoms with E-state index in [0.29, 0.717) is 0 Å². The first-order valence-corrected chi connectivity index (χ1v) is 5.23. The highest BCUT2D eigenvalue weighted by molar-refractivity contribution is 7.85. The zero-order valence-corrected chi connectivity index (χ0v) is 8.52. The molecule has 0 bridgehead atoms. The number of rotatable bonds is 4. The summed E-state index contributed by atoms with van der Waals surface area (Å²) >= 11 is 0. The first-order chi connectivity index (χ1) is 6.94. The van der Waals surface area contributed by atoms with Gasteiger partial charge < -0.3 is 4.18 Å². The second kappa shape index (κ2) is 4.24. The summed E-state index contributed by atoms with van der Waals surface area (Å²) in [6.07, 6.45) is 0. The summed E-state index contributed by atoms with van der Waals surface area (Å²) in [5, 5.41) is 10.4. The van der Waals surface area contributed by atoms with Crippen molar-refractivity contribution < 1.29 is 17.5 Å². The van der Waals surface area contributed by atoms with Crippen LogP contribution in [0.15, 0.2) is 24.3 Å². The number of benzene rings is 1. The molecule has 0 fully saturated rings. The Morgan fingerprint density at radius 2 is 2.13 bits per heavy atom. The quantitative estimate of drug-likeness (QED) is 0.599. The molecule has 1 rings (SSSR count). The maximum atomic E-state index is 10.9. The number of nitrogens with zero attached hydrogens (tertiary/aromatic N) is 1. The fraction of sp³-hybridized carbons (Fsp3) is 0.143. The third-order valence-corrected chi connectivity index (χ3v) is 2.40. The van der Waals surface area contributed by atoms with Gasteiger partial charge in [0.05, 0.1) is 11.0 Å². The number of nitrogens with one attached hydrogen (secondary N) is 1. The standard InChI is InChI=1S/C7H8N2O5S/c1-8-15(12,13)14-7-4-2-3-6(5-7)9(10)11/h2-5,8H,1H3. The highest BCUT2D eigenvalue weighted by Gasteiger charge is 2.12. The Morgan fingerprint density at radius 3 is 2.67 bits per heavy atom. The Hall–Kier alpha value is -1.67. The average molecular weight is 232 g/mol. The normalized spacial score (nSPS) is 11.0. The minimum absolute atomic E-state index is 0.112. The van der Waals surface area contributed by atoms with Gasteiger partial charge in [-0.1, -0.05) is 6.07 Å². The lowest BCUT2D eigenvalue weighted by Crippen LogP contribution is -2.24. The van der Waals surface area contributed by atoms with Crippen LogP contribution in [-0.4, -0.2) is 20.4 Å². The van der Waals surface area contributed by atoms with Crippen LogP contribution in [0, 0.1) is 10.1 Å². The molecule has 15 heavy (non-hydrogen) atoms. The van der Waals surface area contributed by atoms with E-state index in [9.17, 15) is 18.5 Å². The molecule has 0 saturated heterocycles. The van der Waals surface area contributed by atoms with E-state index in [0.717, 1.165) is 6.07 Å². The molecule has 0 spiro atoms. The van der Waals surface area contributed by atoms with E-state index in [2.05, 4.69) is 4.18 Å². The molecule has 0 aliphatic carbocycles. The van der Waals surface area contributed by atoms with Crippen LogP contribution in [0.3, 0.4) is 0 Å². The summed E-state index contributed by atoms with van der Waals surface area (Å²) in [6.45, 7) is 0. The largest absolute Gasteiger partial charge is 0.382 e. The van der Waals surface area contributed by atoms with E-state index in [-0.39, 0.29) is 11.4 Å². The van der Waals surface area contributed by atoms with Crippen LogP contribution in [0.1, 0.15) is 0 Å². The molecule has 0 aliphatic rings. The lowest BCUT2D eigenvalue weighted by molar-refractivity contribution is -0.384. The minimum atomic E-state index is -3.89. The SMILES string of the molecule is CNS(=O)(=O)Oc1cccc([N+](=O)[O-])c1. The van der Waals surface area contributed by atoms with Crippen molar-refractivity contribution in [2.75, 3.05) is 7.05 Å². The Bertz CT molecular complexity index is 470. The van der Waals surface area contributed by atoms with E-state index in [4.69, 9.17) is 0 Å². The molecule has 0 heterocycles. The fourth-order valence-electron chi connectivity index (χ4n) is 0.817. The molecule has 0 atom stereocenters. The Kier molecular flexibility index (Phi) is 3.22. The van der Waals surface area contributed by atoms with Crippen molar-refractivity contribution in [1.82, 2.24) is 4.72 Å². The first-order valence-electron chi connectivity index (χ1n) is 3.82. The average Bonchev–Trinajstić information content (AvgIpc) is 2.17. The van der Waals surface area contributed by atoms with Crippen LogP contribution in [-0.2, 0) is 10.3 Å². The molecule has 0 aromatic heterocycles. The van der Waals surface area contributed by atoms with E-state index in [1.54, 1.807) is 0 Å². The van der Waals surface area contributed by atoms with Gasteiger partial charge in [-0.15, -0.1) is 0 Å². The summed E-state index contributed by atoms with van der Waals surface area (Å²) in [6, 6.07) is 4.90. The number of hydrogen-bond donors (Lipinski definition) is 1. The monoisotopic (exact) mass is 232 g/mol. The molecule has 1 aromatic rings. The van der Waals surface area contributed by atoms with Gasteiger partial charge in [0, 0.05) is 13.1 Å². The summed E-state index contributed by atoms with van der Waals surface area (Å²) in [5.41, 5.74) is -0.237. The molecule has 0 saturated carbocycles. The van der Waals surface area contributed by atoms with Gasteiger partial charge in [-0.25, -0.2) is 0 Å². The lowest BCUT2D eigenvalue weighted by atomic mass is 10.3. The summed E-state index contributed by atoms with van der Waals surface area (Å²) < 4.78 is 28.3. The van der Waals surface area contributed by atoms with Gasteiger partial charge in [0.2, 0.25) is 0 Å². The molecule has 0 aliphatic heterocycles. The Balaban J connectivity index is 2.97. The number of hydrogen-bond acceptors (Lipinski definition) is 5. The lowest BCUT2D eigenvalue weighted by Gasteiger charge is -2.04. The zero-order valence-electron chi connectivity index (χ0n) is 7.71. The zero-order chi connectivity index (χ0) is 11.5. The molecule has 7 nitrogen and oxygen atoms in total. The molecule has 82 valence electrons. The van der Waals surface area contributed by atoms with Crippen LogP contribution in [0.4, 0.5) is 5.69 Å². The molecular formula is C7H8N2O5S. The minimum Gasteiger partial charge on any atom is -0.371 e. The summed E-state index contributed by atoms with van der Waals surface area (Å²) in [7, 11) is -2.71.